The average molecular weight is 445 g/mol. The highest BCUT2D eigenvalue weighted by Crippen LogP contribution is 2.35. The third kappa shape index (κ3) is 4.65. The van der Waals surface area contributed by atoms with Gasteiger partial charge in [0, 0.05) is 17.8 Å². The van der Waals surface area contributed by atoms with Crippen molar-refractivity contribution in [2.24, 2.45) is 0 Å². The Balaban J connectivity index is 1.71. The number of carbonyl (C=O) groups is 2. The Labute approximate surface area is 192 Å². The normalized spacial score (nSPS) is 13.6. The van der Waals surface area contributed by atoms with Crippen molar-refractivity contribution in [3.05, 3.63) is 100 Å². The van der Waals surface area contributed by atoms with Crippen molar-refractivity contribution in [3.63, 3.8) is 0 Å². The van der Waals surface area contributed by atoms with Gasteiger partial charge in [0.1, 0.15) is 17.3 Å². The summed E-state index contributed by atoms with van der Waals surface area (Å²) in [5.41, 5.74) is 4.70. The second kappa shape index (κ2) is 9.28. The summed E-state index contributed by atoms with van der Waals surface area (Å²) < 4.78 is 18.7. The van der Waals surface area contributed by atoms with E-state index in [9.17, 15) is 14.0 Å². The van der Waals surface area contributed by atoms with Gasteiger partial charge in [-0.05, 0) is 67.3 Å². The van der Waals surface area contributed by atoms with Crippen molar-refractivity contribution in [2.45, 2.75) is 20.3 Å². The van der Waals surface area contributed by atoms with E-state index in [1.54, 1.807) is 30.3 Å². The van der Waals surface area contributed by atoms with Gasteiger partial charge in [0.25, 0.3) is 11.8 Å². The van der Waals surface area contributed by atoms with Crippen LogP contribution in [0.2, 0.25) is 0 Å². The van der Waals surface area contributed by atoms with Gasteiger partial charge in [-0.2, -0.15) is 0 Å². The summed E-state index contributed by atoms with van der Waals surface area (Å²) in [5, 5.41) is 3.20. The van der Waals surface area contributed by atoms with Crippen LogP contribution in [-0.2, 0) is 16.0 Å². The number of hydrogen-bond acceptors (Lipinski definition) is 4. The molecule has 168 valence electrons. The predicted molar refractivity (Wildman–Crippen MR) is 126 cm³/mol. The Bertz CT molecular complexity index is 1230. The molecule has 0 saturated heterocycles. The Kier molecular flexibility index (Phi) is 6.27. The van der Waals surface area contributed by atoms with Gasteiger partial charge >= 0.3 is 0 Å². The van der Waals surface area contributed by atoms with Gasteiger partial charge in [-0.3, -0.25) is 14.5 Å². The van der Waals surface area contributed by atoms with E-state index in [0.717, 1.165) is 22.4 Å². The molecule has 0 unspecified atom stereocenters. The molecule has 0 spiro atoms. The molecule has 0 aliphatic carbocycles. The lowest BCUT2D eigenvalue weighted by Crippen LogP contribution is -2.34. The number of hydrogen-bond donors (Lipinski definition) is 1. The van der Waals surface area contributed by atoms with E-state index in [1.165, 1.54) is 24.1 Å². The van der Waals surface area contributed by atoms with E-state index in [-0.39, 0.29) is 23.6 Å². The van der Waals surface area contributed by atoms with Gasteiger partial charge in [0.15, 0.2) is 0 Å². The highest BCUT2D eigenvalue weighted by atomic mass is 19.1. The van der Waals surface area contributed by atoms with Crippen molar-refractivity contribution in [1.29, 1.82) is 0 Å². The quantitative estimate of drug-likeness (QED) is 0.528. The molecule has 0 fully saturated rings. The van der Waals surface area contributed by atoms with Crippen LogP contribution in [0.4, 0.5) is 10.1 Å². The van der Waals surface area contributed by atoms with Gasteiger partial charge < -0.3 is 10.1 Å². The molecule has 6 heteroatoms. The van der Waals surface area contributed by atoms with E-state index in [2.05, 4.69) is 5.32 Å². The van der Waals surface area contributed by atoms with E-state index >= 15 is 0 Å². The number of amides is 2. The Morgan fingerprint density at radius 1 is 0.909 bits per heavy atom. The molecule has 4 rings (SSSR count). The predicted octanol–water partition coefficient (Wildman–Crippen LogP) is 4.89. The molecule has 0 aromatic heterocycles. The SMILES string of the molecule is COc1ccccc1C1=C(Nc2cc(C)cc(C)c2)C(=O)N(CCc2ccc(F)cc2)C1=O. The van der Waals surface area contributed by atoms with Crippen LogP contribution in [0.1, 0.15) is 22.3 Å². The molecular weight excluding hydrogens is 419 g/mol. The molecule has 0 saturated carbocycles. The first-order valence-electron chi connectivity index (χ1n) is 10.7. The summed E-state index contributed by atoms with van der Waals surface area (Å²) in [7, 11) is 1.53. The molecule has 5 nitrogen and oxygen atoms in total. The summed E-state index contributed by atoms with van der Waals surface area (Å²) in [6, 6.07) is 19.1. The first-order chi connectivity index (χ1) is 15.9. The maximum atomic E-state index is 13.5. The fourth-order valence-electron chi connectivity index (χ4n) is 4.08. The molecule has 2 amide bonds. The largest absolute Gasteiger partial charge is 0.496 e. The topological polar surface area (TPSA) is 58.6 Å². The number of imide groups is 1. The Hall–Kier alpha value is -3.93. The second-order valence-electron chi connectivity index (χ2n) is 8.09. The molecule has 33 heavy (non-hydrogen) atoms. The average Bonchev–Trinajstić information content (AvgIpc) is 3.01. The van der Waals surface area contributed by atoms with Gasteiger partial charge in [-0.15, -0.1) is 0 Å². The number of anilines is 1. The summed E-state index contributed by atoms with van der Waals surface area (Å²) in [6.45, 7) is 4.13. The number of nitrogens with zero attached hydrogens (tertiary/aromatic N) is 1. The summed E-state index contributed by atoms with van der Waals surface area (Å²) in [4.78, 5) is 28.2. The fraction of sp³-hybridized carbons (Fsp3) is 0.185. The molecule has 0 radical (unpaired) electrons. The van der Waals surface area contributed by atoms with Gasteiger partial charge in [-0.1, -0.05) is 36.4 Å². The van der Waals surface area contributed by atoms with Crippen molar-refractivity contribution >= 4 is 23.1 Å². The maximum Gasteiger partial charge on any atom is 0.278 e. The number of aryl methyl sites for hydroxylation is 2. The zero-order chi connectivity index (χ0) is 23.5. The van der Waals surface area contributed by atoms with Crippen molar-refractivity contribution in [2.75, 3.05) is 19.0 Å². The number of rotatable bonds is 7. The van der Waals surface area contributed by atoms with Gasteiger partial charge in [0.2, 0.25) is 0 Å². The lowest BCUT2D eigenvalue weighted by molar-refractivity contribution is -0.136. The molecule has 1 N–H and O–H groups in total. The molecule has 3 aromatic carbocycles. The van der Waals surface area contributed by atoms with E-state index in [4.69, 9.17) is 4.74 Å². The lowest BCUT2D eigenvalue weighted by Gasteiger charge is -2.16. The highest BCUT2D eigenvalue weighted by molar-refractivity contribution is 6.37. The van der Waals surface area contributed by atoms with E-state index in [0.29, 0.717) is 17.7 Å². The van der Waals surface area contributed by atoms with Crippen LogP contribution in [-0.4, -0.2) is 30.4 Å². The third-order valence-electron chi connectivity index (χ3n) is 5.57. The molecular formula is C27H25FN2O3. The molecule has 1 aliphatic rings. The van der Waals surface area contributed by atoms with Crippen LogP contribution in [0.3, 0.4) is 0 Å². The first-order valence-corrected chi connectivity index (χ1v) is 10.7. The smallest absolute Gasteiger partial charge is 0.278 e. The minimum Gasteiger partial charge on any atom is -0.496 e. The number of methoxy groups -OCH3 is 1. The third-order valence-corrected chi connectivity index (χ3v) is 5.57. The molecule has 1 heterocycles. The number of benzene rings is 3. The van der Waals surface area contributed by atoms with E-state index < -0.39 is 11.8 Å². The lowest BCUT2D eigenvalue weighted by atomic mass is 10.0. The molecule has 0 atom stereocenters. The number of para-hydroxylation sites is 1. The first kappa shape index (κ1) is 22.3. The molecule has 1 aliphatic heterocycles. The zero-order valence-corrected chi connectivity index (χ0v) is 18.8. The molecule has 0 bridgehead atoms. The van der Waals surface area contributed by atoms with Crippen LogP contribution in [0.15, 0.2) is 72.4 Å². The Morgan fingerprint density at radius 3 is 2.24 bits per heavy atom. The number of nitrogens with one attached hydrogen (secondary N) is 1. The van der Waals surface area contributed by atoms with Crippen LogP contribution in [0.5, 0.6) is 5.75 Å². The fourth-order valence-corrected chi connectivity index (χ4v) is 4.08. The number of carbonyl (C=O) groups excluding carboxylic acids is 2. The summed E-state index contributed by atoms with van der Waals surface area (Å²) in [5.74, 6) is -0.610. The number of ether oxygens (including phenoxy) is 1. The summed E-state index contributed by atoms with van der Waals surface area (Å²) in [6.07, 6.45) is 0.424. The highest BCUT2D eigenvalue weighted by Gasteiger charge is 2.40. The van der Waals surface area contributed by atoms with Crippen molar-refractivity contribution in [3.8, 4) is 5.75 Å². The minimum atomic E-state index is -0.401. The van der Waals surface area contributed by atoms with Crippen LogP contribution < -0.4 is 10.1 Å². The van der Waals surface area contributed by atoms with E-state index in [1.807, 2.05) is 38.1 Å². The van der Waals surface area contributed by atoms with Gasteiger partial charge in [-0.25, -0.2) is 4.39 Å². The second-order valence-corrected chi connectivity index (χ2v) is 8.09. The monoisotopic (exact) mass is 444 g/mol. The van der Waals surface area contributed by atoms with Crippen LogP contribution in [0, 0.1) is 19.7 Å². The van der Waals surface area contributed by atoms with Crippen molar-refractivity contribution < 1.29 is 18.7 Å². The minimum absolute atomic E-state index is 0.181. The maximum absolute atomic E-state index is 13.5. The molecule has 3 aromatic rings. The van der Waals surface area contributed by atoms with Crippen molar-refractivity contribution in [1.82, 2.24) is 4.90 Å². The van der Waals surface area contributed by atoms with Crippen LogP contribution >= 0.6 is 0 Å². The standard InChI is InChI=1S/C27H25FN2O3/c1-17-14-18(2)16-21(15-17)29-25-24(22-6-4-5-7-23(22)33-3)26(31)30(27(25)32)13-12-19-8-10-20(28)11-9-19/h4-11,14-16,29H,12-13H2,1-3H3. The number of halogens is 1. The summed E-state index contributed by atoms with van der Waals surface area (Å²) >= 11 is 0. The van der Waals surface area contributed by atoms with Gasteiger partial charge in [0.05, 0.1) is 12.7 Å². The van der Waals surface area contributed by atoms with Crippen LogP contribution in [0.25, 0.3) is 5.57 Å². The zero-order valence-electron chi connectivity index (χ0n) is 18.8. The Morgan fingerprint density at radius 2 is 1.58 bits per heavy atom.